The third-order valence-electron chi connectivity index (χ3n) is 3.02. The number of anilines is 1. The van der Waals surface area contributed by atoms with Crippen LogP contribution in [0.1, 0.15) is 54.3 Å². The lowest BCUT2D eigenvalue weighted by Gasteiger charge is -2.23. The fraction of sp³-hybridized carbons (Fsp3) is 0.615. The maximum atomic E-state index is 11.5. The number of thiazole rings is 1. The number of ketones is 1. The Bertz CT molecular complexity index is 439. The summed E-state index contributed by atoms with van der Waals surface area (Å²) in [4.78, 5) is 28.9. The Kier molecular flexibility index (Phi) is 5.47. The Hall–Kier alpha value is -1.43. The average molecular weight is 284 g/mol. The van der Waals surface area contributed by atoms with Crippen molar-refractivity contribution in [3.63, 3.8) is 0 Å². The number of Topliss-reactive ketones (excluding diaryl/α,β-unsaturated/α-hetero) is 1. The standard InChI is InChI=1S/C13H20N2O3S/c1-5-8(3)7-15(6-2)13-14-10(12(17)18)11(19-13)9(4)16/h8H,5-7H2,1-4H3,(H,17,18). The van der Waals surface area contributed by atoms with Crippen LogP contribution >= 0.6 is 11.3 Å². The minimum absolute atomic E-state index is 0.130. The zero-order valence-electron chi connectivity index (χ0n) is 11.8. The molecule has 1 aromatic rings. The molecule has 1 N–H and O–H groups in total. The first kappa shape index (κ1) is 15.6. The molecule has 0 aliphatic rings. The first-order valence-corrected chi connectivity index (χ1v) is 7.22. The molecule has 5 nitrogen and oxygen atoms in total. The van der Waals surface area contributed by atoms with Gasteiger partial charge in [-0.15, -0.1) is 0 Å². The largest absolute Gasteiger partial charge is 0.476 e. The zero-order chi connectivity index (χ0) is 14.6. The van der Waals surface area contributed by atoms with Gasteiger partial charge in [0, 0.05) is 20.0 Å². The zero-order valence-corrected chi connectivity index (χ0v) is 12.6. The SMILES string of the molecule is CCC(C)CN(CC)c1nc(C(=O)O)c(C(C)=O)s1. The van der Waals surface area contributed by atoms with Crippen LogP contribution in [0.15, 0.2) is 0 Å². The molecule has 0 aliphatic carbocycles. The minimum Gasteiger partial charge on any atom is -0.476 e. The highest BCUT2D eigenvalue weighted by Gasteiger charge is 2.23. The van der Waals surface area contributed by atoms with Gasteiger partial charge in [-0.05, 0) is 12.8 Å². The van der Waals surface area contributed by atoms with Crippen LogP contribution in [0.25, 0.3) is 0 Å². The molecule has 6 heteroatoms. The van der Waals surface area contributed by atoms with Crippen LogP contribution in [0, 0.1) is 5.92 Å². The Morgan fingerprint density at radius 3 is 2.42 bits per heavy atom. The molecule has 0 radical (unpaired) electrons. The lowest BCUT2D eigenvalue weighted by atomic mass is 10.1. The maximum absolute atomic E-state index is 11.5. The molecule has 19 heavy (non-hydrogen) atoms. The summed E-state index contributed by atoms with van der Waals surface area (Å²) in [5.74, 6) is -0.897. The second kappa shape index (κ2) is 6.65. The first-order valence-electron chi connectivity index (χ1n) is 6.40. The Morgan fingerprint density at radius 2 is 2.05 bits per heavy atom. The number of aromatic nitrogens is 1. The van der Waals surface area contributed by atoms with Gasteiger partial charge in [0.2, 0.25) is 0 Å². The Labute approximate surface area is 117 Å². The van der Waals surface area contributed by atoms with E-state index in [0.29, 0.717) is 11.0 Å². The van der Waals surface area contributed by atoms with Crippen LogP contribution in [-0.4, -0.2) is 34.9 Å². The van der Waals surface area contributed by atoms with Crippen molar-refractivity contribution in [3.8, 4) is 0 Å². The van der Waals surface area contributed by atoms with Crippen LogP contribution < -0.4 is 4.90 Å². The number of nitrogens with zero attached hydrogens (tertiary/aromatic N) is 2. The first-order chi connectivity index (χ1) is 8.90. The van der Waals surface area contributed by atoms with E-state index in [2.05, 4.69) is 18.8 Å². The highest BCUT2D eigenvalue weighted by atomic mass is 32.1. The van der Waals surface area contributed by atoms with E-state index in [1.54, 1.807) is 0 Å². The molecule has 0 spiro atoms. The fourth-order valence-corrected chi connectivity index (χ4v) is 2.70. The summed E-state index contributed by atoms with van der Waals surface area (Å²) < 4.78 is 0. The van der Waals surface area contributed by atoms with Crippen LogP contribution in [-0.2, 0) is 0 Å². The number of carboxylic acids is 1. The van der Waals surface area contributed by atoms with E-state index in [0.717, 1.165) is 19.5 Å². The van der Waals surface area contributed by atoms with Gasteiger partial charge in [-0.3, -0.25) is 4.79 Å². The number of hydrogen-bond acceptors (Lipinski definition) is 5. The summed E-state index contributed by atoms with van der Waals surface area (Å²) in [6.07, 6.45) is 1.05. The van der Waals surface area contributed by atoms with Crippen LogP contribution in [0.5, 0.6) is 0 Å². The van der Waals surface area contributed by atoms with Crippen LogP contribution in [0.2, 0.25) is 0 Å². The highest BCUT2D eigenvalue weighted by molar-refractivity contribution is 7.17. The molecule has 0 aromatic carbocycles. The topological polar surface area (TPSA) is 70.5 Å². The Balaban J connectivity index is 3.08. The lowest BCUT2D eigenvalue weighted by Crippen LogP contribution is -2.28. The van der Waals surface area contributed by atoms with E-state index in [1.807, 2.05) is 11.8 Å². The molecule has 106 valence electrons. The third-order valence-corrected chi connectivity index (χ3v) is 4.24. The number of aromatic carboxylic acids is 1. The van der Waals surface area contributed by atoms with Gasteiger partial charge in [-0.1, -0.05) is 31.6 Å². The molecule has 1 unspecified atom stereocenters. The molecule has 0 saturated heterocycles. The number of hydrogen-bond donors (Lipinski definition) is 1. The molecule has 0 aliphatic heterocycles. The van der Waals surface area contributed by atoms with E-state index in [4.69, 9.17) is 5.11 Å². The highest BCUT2D eigenvalue weighted by Crippen LogP contribution is 2.27. The van der Waals surface area contributed by atoms with E-state index >= 15 is 0 Å². The molecule has 1 aromatic heterocycles. The van der Waals surface area contributed by atoms with Gasteiger partial charge in [0.25, 0.3) is 0 Å². The molecule has 0 saturated carbocycles. The molecule has 0 amide bonds. The maximum Gasteiger partial charge on any atom is 0.356 e. The number of carbonyl (C=O) groups is 2. The van der Waals surface area contributed by atoms with Gasteiger partial charge in [0.05, 0.1) is 0 Å². The van der Waals surface area contributed by atoms with Crippen molar-refractivity contribution in [2.24, 2.45) is 5.92 Å². The Morgan fingerprint density at radius 1 is 1.42 bits per heavy atom. The third kappa shape index (κ3) is 3.76. The predicted octanol–water partition coefficient (Wildman–Crippen LogP) is 2.92. The molecule has 0 bridgehead atoms. The summed E-state index contributed by atoms with van der Waals surface area (Å²) in [7, 11) is 0. The van der Waals surface area contributed by atoms with E-state index in [1.165, 1.54) is 18.3 Å². The fourth-order valence-electron chi connectivity index (χ4n) is 1.68. The molecular formula is C13H20N2O3S. The second-order valence-corrected chi connectivity index (χ2v) is 5.57. The van der Waals surface area contributed by atoms with Gasteiger partial charge in [0.15, 0.2) is 16.6 Å². The molecule has 1 rings (SSSR count). The lowest BCUT2D eigenvalue weighted by molar-refractivity contribution is 0.0687. The van der Waals surface area contributed by atoms with E-state index < -0.39 is 5.97 Å². The number of carbonyl (C=O) groups excluding carboxylic acids is 1. The van der Waals surface area contributed by atoms with Crippen molar-refractivity contribution in [1.82, 2.24) is 4.98 Å². The molecule has 0 fully saturated rings. The van der Waals surface area contributed by atoms with Gasteiger partial charge in [0.1, 0.15) is 4.88 Å². The average Bonchev–Trinajstić information content (AvgIpc) is 2.80. The summed E-state index contributed by atoms with van der Waals surface area (Å²) in [6, 6.07) is 0. The summed E-state index contributed by atoms with van der Waals surface area (Å²) in [5.41, 5.74) is -0.130. The quantitative estimate of drug-likeness (QED) is 0.779. The van der Waals surface area contributed by atoms with E-state index in [-0.39, 0.29) is 16.4 Å². The van der Waals surface area contributed by atoms with Crippen molar-refractivity contribution in [1.29, 1.82) is 0 Å². The van der Waals surface area contributed by atoms with Crippen LogP contribution in [0.4, 0.5) is 5.13 Å². The molecular weight excluding hydrogens is 264 g/mol. The van der Waals surface area contributed by atoms with Gasteiger partial charge in [-0.2, -0.15) is 0 Å². The molecule has 1 heterocycles. The van der Waals surface area contributed by atoms with Crippen LogP contribution in [0.3, 0.4) is 0 Å². The van der Waals surface area contributed by atoms with E-state index in [9.17, 15) is 9.59 Å². The van der Waals surface area contributed by atoms with Crippen molar-refractivity contribution < 1.29 is 14.7 Å². The smallest absolute Gasteiger partial charge is 0.356 e. The monoisotopic (exact) mass is 284 g/mol. The van der Waals surface area contributed by atoms with Crippen molar-refractivity contribution in [2.75, 3.05) is 18.0 Å². The van der Waals surface area contributed by atoms with Crippen molar-refractivity contribution >= 4 is 28.2 Å². The normalized spacial score (nSPS) is 12.2. The molecule has 1 atom stereocenters. The van der Waals surface area contributed by atoms with Crippen molar-refractivity contribution in [3.05, 3.63) is 10.6 Å². The van der Waals surface area contributed by atoms with Crippen molar-refractivity contribution in [2.45, 2.75) is 34.1 Å². The van der Waals surface area contributed by atoms with Gasteiger partial charge in [-0.25, -0.2) is 9.78 Å². The second-order valence-electron chi connectivity index (χ2n) is 4.59. The minimum atomic E-state index is -1.15. The predicted molar refractivity (Wildman–Crippen MR) is 76.4 cm³/mol. The number of rotatable bonds is 7. The number of carboxylic acid groups (broad SMARTS) is 1. The summed E-state index contributed by atoms with van der Waals surface area (Å²) >= 11 is 1.17. The summed E-state index contributed by atoms with van der Waals surface area (Å²) in [6.45, 7) is 9.18. The van der Waals surface area contributed by atoms with Gasteiger partial charge < -0.3 is 10.0 Å². The van der Waals surface area contributed by atoms with Gasteiger partial charge >= 0.3 is 5.97 Å². The summed E-state index contributed by atoms with van der Waals surface area (Å²) in [5, 5.41) is 9.70.